The van der Waals surface area contributed by atoms with Crippen LogP contribution in [0.15, 0.2) is 29.2 Å². The van der Waals surface area contributed by atoms with Gasteiger partial charge in [-0.3, -0.25) is 4.79 Å². The van der Waals surface area contributed by atoms with Gasteiger partial charge >= 0.3 is 5.97 Å². The quantitative estimate of drug-likeness (QED) is 0.719. The summed E-state index contributed by atoms with van der Waals surface area (Å²) in [5, 5.41) is 10.1. The van der Waals surface area contributed by atoms with E-state index < -0.39 is 46.2 Å². The smallest absolute Gasteiger partial charge is 0.308 e. The normalized spacial score (nSPS) is 29.4. The second kappa shape index (κ2) is 8.83. The lowest BCUT2D eigenvalue weighted by atomic mass is 9.96. The molecule has 0 aromatic heterocycles. The van der Waals surface area contributed by atoms with E-state index in [9.17, 15) is 22.7 Å². The van der Waals surface area contributed by atoms with E-state index >= 15 is 0 Å². The molecule has 0 bridgehead atoms. The van der Waals surface area contributed by atoms with Crippen LogP contribution in [0.4, 0.5) is 4.39 Å². The summed E-state index contributed by atoms with van der Waals surface area (Å²) in [7, 11) is -2.69. The second-order valence-electron chi connectivity index (χ2n) is 6.94. The Balaban J connectivity index is 1.86. The Morgan fingerprint density at radius 3 is 2.68 bits per heavy atom. The topological polar surface area (TPSA) is 102 Å². The summed E-state index contributed by atoms with van der Waals surface area (Å²) in [6.45, 7) is -0.107. The molecule has 0 amide bonds. The van der Waals surface area contributed by atoms with Gasteiger partial charge in [-0.1, -0.05) is 0 Å². The molecule has 2 heterocycles. The van der Waals surface area contributed by atoms with Gasteiger partial charge in [0.15, 0.2) is 0 Å². The number of esters is 1. The van der Waals surface area contributed by atoms with Gasteiger partial charge in [-0.05, 0) is 37.1 Å². The van der Waals surface area contributed by atoms with Crippen molar-refractivity contribution in [1.82, 2.24) is 4.31 Å². The third-order valence-electron chi connectivity index (χ3n) is 4.98. The predicted molar refractivity (Wildman–Crippen MR) is 95.4 cm³/mol. The molecule has 0 radical (unpaired) electrons. The average molecular weight is 417 g/mol. The highest BCUT2D eigenvalue weighted by molar-refractivity contribution is 7.89. The highest BCUT2D eigenvalue weighted by atomic mass is 32.2. The molecule has 156 valence electrons. The molecule has 0 saturated carbocycles. The van der Waals surface area contributed by atoms with Crippen molar-refractivity contribution < 1.29 is 36.9 Å². The highest BCUT2D eigenvalue weighted by Crippen LogP contribution is 2.31. The number of benzene rings is 1. The van der Waals surface area contributed by atoms with Crippen molar-refractivity contribution in [3.63, 3.8) is 0 Å². The molecule has 0 aliphatic carbocycles. The van der Waals surface area contributed by atoms with E-state index in [0.29, 0.717) is 12.8 Å². The van der Waals surface area contributed by atoms with Crippen LogP contribution in [0.5, 0.6) is 0 Å². The summed E-state index contributed by atoms with van der Waals surface area (Å²) < 4.78 is 56.9. The van der Waals surface area contributed by atoms with Crippen LogP contribution in [0.1, 0.15) is 19.3 Å². The summed E-state index contributed by atoms with van der Waals surface area (Å²) >= 11 is 0. The monoisotopic (exact) mass is 417 g/mol. The Hall–Kier alpha value is -1.59. The van der Waals surface area contributed by atoms with E-state index in [4.69, 9.17) is 9.47 Å². The molecule has 1 aromatic rings. The lowest BCUT2D eigenvalue weighted by Gasteiger charge is -2.43. The number of hydrogen-bond acceptors (Lipinski definition) is 7. The second-order valence-corrected chi connectivity index (χ2v) is 8.83. The van der Waals surface area contributed by atoms with Crippen LogP contribution in [0, 0.1) is 5.82 Å². The van der Waals surface area contributed by atoms with Gasteiger partial charge in [0.1, 0.15) is 5.82 Å². The van der Waals surface area contributed by atoms with Crippen LogP contribution in [0.2, 0.25) is 0 Å². The third kappa shape index (κ3) is 4.69. The number of rotatable bonds is 4. The number of hydrogen-bond donors (Lipinski definition) is 1. The molecule has 8 nitrogen and oxygen atoms in total. The summed E-state index contributed by atoms with van der Waals surface area (Å²) in [6, 6.07) is 3.99. The Labute approximate surface area is 163 Å². The number of halogens is 1. The van der Waals surface area contributed by atoms with E-state index in [1.165, 1.54) is 23.5 Å². The first-order valence-corrected chi connectivity index (χ1v) is 10.5. The van der Waals surface area contributed by atoms with Gasteiger partial charge in [-0.25, -0.2) is 12.8 Å². The summed E-state index contributed by atoms with van der Waals surface area (Å²) in [4.78, 5) is 11.5. The fraction of sp³-hybridized carbons (Fsp3) is 0.611. The Kier molecular flexibility index (Phi) is 6.66. The van der Waals surface area contributed by atoms with E-state index in [0.717, 1.165) is 12.1 Å². The van der Waals surface area contributed by atoms with Crippen LogP contribution in [0.25, 0.3) is 0 Å². The number of methoxy groups -OCH3 is 1. The van der Waals surface area contributed by atoms with E-state index in [2.05, 4.69) is 4.74 Å². The fourth-order valence-corrected chi connectivity index (χ4v) is 5.30. The molecule has 0 unspecified atom stereocenters. The van der Waals surface area contributed by atoms with Gasteiger partial charge in [0.05, 0.1) is 56.0 Å². The van der Waals surface area contributed by atoms with Crippen LogP contribution < -0.4 is 0 Å². The Bertz CT molecular complexity index is 786. The third-order valence-corrected chi connectivity index (χ3v) is 6.88. The zero-order valence-corrected chi connectivity index (χ0v) is 16.3. The van der Waals surface area contributed by atoms with Crippen LogP contribution in [-0.2, 0) is 29.0 Å². The van der Waals surface area contributed by atoms with E-state index in [1.54, 1.807) is 0 Å². The number of ether oxygens (including phenoxy) is 3. The molecule has 2 fully saturated rings. The zero-order valence-electron chi connectivity index (χ0n) is 15.5. The van der Waals surface area contributed by atoms with Crippen molar-refractivity contribution in [2.24, 2.45) is 0 Å². The maximum absolute atomic E-state index is 13.2. The van der Waals surface area contributed by atoms with Gasteiger partial charge < -0.3 is 19.3 Å². The number of carbonyl (C=O) groups is 1. The lowest BCUT2D eigenvalue weighted by Crippen LogP contribution is -2.57. The lowest BCUT2D eigenvalue weighted by molar-refractivity contribution is -0.157. The number of β-amino-alcohol motifs (C(OH)–C–C–N with tert-alkyl or cyclic N) is 1. The standard InChI is InChI=1S/C18H24FNO7S/c1-25-18(22)8-14-4-7-16-17(27-14)11-26-10-13(21)9-20(16)28(23,24)15-5-2-12(19)3-6-15/h2-3,5-6,13-14,16-17,21H,4,7-11H2,1H3/t13-,14+,16-,17+/m1/s1. The number of aliphatic hydroxyl groups excluding tert-OH is 1. The molecular formula is C18H24FNO7S. The van der Waals surface area contributed by atoms with Crippen molar-refractivity contribution in [3.05, 3.63) is 30.1 Å². The minimum Gasteiger partial charge on any atom is -0.469 e. The molecule has 4 atom stereocenters. The van der Waals surface area contributed by atoms with Gasteiger partial charge in [0.2, 0.25) is 10.0 Å². The Morgan fingerprint density at radius 1 is 1.29 bits per heavy atom. The SMILES string of the molecule is COC(=O)C[C@@H]1CC[C@@H]2[C@H](COC[C@H](O)CN2S(=O)(=O)c2ccc(F)cc2)O1. The van der Waals surface area contributed by atoms with Gasteiger partial charge in [-0.2, -0.15) is 4.31 Å². The first kappa shape index (κ1) is 21.1. The molecule has 1 N–H and O–H groups in total. The first-order chi connectivity index (χ1) is 13.3. The maximum Gasteiger partial charge on any atom is 0.308 e. The number of fused-ring (bicyclic) bond motifs is 1. The molecule has 28 heavy (non-hydrogen) atoms. The van der Waals surface area contributed by atoms with Crippen molar-refractivity contribution in [2.75, 3.05) is 26.9 Å². The Morgan fingerprint density at radius 2 is 2.00 bits per heavy atom. The summed E-state index contributed by atoms with van der Waals surface area (Å²) in [5.41, 5.74) is 0. The number of nitrogens with zero attached hydrogens (tertiary/aromatic N) is 1. The highest BCUT2D eigenvalue weighted by Gasteiger charge is 2.43. The largest absolute Gasteiger partial charge is 0.469 e. The number of carbonyl (C=O) groups excluding carboxylic acids is 1. The van der Waals surface area contributed by atoms with Crippen LogP contribution in [0.3, 0.4) is 0 Å². The molecule has 2 saturated heterocycles. The first-order valence-electron chi connectivity index (χ1n) is 9.06. The minimum absolute atomic E-state index is 0.0380. The van der Waals surface area contributed by atoms with Crippen molar-refractivity contribution in [2.45, 2.75) is 48.5 Å². The minimum atomic E-state index is -3.99. The predicted octanol–water partition coefficient (Wildman–Crippen LogP) is 0.687. The van der Waals surface area contributed by atoms with Gasteiger partial charge in [0.25, 0.3) is 0 Å². The molecule has 2 aliphatic heterocycles. The molecule has 0 spiro atoms. The van der Waals surface area contributed by atoms with Gasteiger partial charge in [-0.15, -0.1) is 0 Å². The van der Waals surface area contributed by atoms with Crippen LogP contribution >= 0.6 is 0 Å². The zero-order chi connectivity index (χ0) is 20.3. The van der Waals surface area contributed by atoms with Crippen molar-refractivity contribution >= 4 is 16.0 Å². The molecule has 2 aliphatic rings. The molecular weight excluding hydrogens is 393 g/mol. The van der Waals surface area contributed by atoms with Crippen LogP contribution in [-0.4, -0.2) is 75.0 Å². The summed E-state index contributed by atoms with van der Waals surface area (Å²) in [5.74, 6) is -0.939. The number of aliphatic hydroxyl groups is 1. The van der Waals surface area contributed by atoms with E-state index in [-0.39, 0.29) is 31.1 Å². The molecule has 10 heteroatoms. The average Bonchev–Trinajstić information content (AvgIpc) is 2.65. The maximum atomic E-state index is 13.2. The fourth-order valence-electron chi connectivity index (χ4n) is 3.58. The molecule has 1 aromatic carbocycles. The summed E-state index contributed by atoms with van der Waals surface area (Å²) in [6.07, 6.45) is -1.01. The van der Waals surface area contributed by atoms with Crippen molar-refractivity contribution in [1.29, 1.82) is 0 Å². The number of sulfonamides is 1. The van der Waals surface area contributed by atoms with E-state index in [1.807, 2.05) is 0 Å². The van der Waals surface area contributed by atoms with Gasteiger partial charge in [0, 0.05) is 6.54 Å². The van der Waals surface area contributed by atoms with Crippen molar-refractivity contribution in [3.8, 4) is 0 Å². The molecule has 3 rings (SSSR count).